The maximum atomic E-state index is 6.48. The van der Waals surface area contributed by atoms with Gasteiger partial charge in [0.05, 0.1) is 0 Å². The van der Waals surface area contributed by atoms with Crippen LogP contribution in [0.1, 0.15) is 58.4 Å². The largest absolute Gasteiger partial charge is 0.371 e. The quantitative estimate of drug-likeness (QED) is 0.845. The molecule has 0 bridgehead atoms. The number of anilines is 1. The van der Waals surface area contributed by atoms with Crippen LogP contribution in [-0.2, 0) is 6.54 Å². The highest BCUT2D eigenvalue weighted by Gasteiger charge is 2.17. The zero-order chi connectivity index (χ0) is 15.3. The van der Waals surface area contributed by atoms with Gasteiger partial charge in [-0.25, -0.2) is 0 Å². The van der Waals surface area contributed by atoms with Crippen molar-refractivity contribution in [3.63, 3.8) is 0 Å². The molecule has 2 nitrogen and oxygen atoms in total. The van der Waals surface area contributed by atoms with E-state index in [-0.39, 0.29) is 5.54 Å². The van der Waals surface area contributed by atoms with Gasteiger partial charge in [-0.3, -0.25) is 0 Å². The van der Waals surface area contributed by atoms with Gasteiger partial charge in [-0.15, -0.1) is 0 Å². The first-order chi connectivity index (χ1) is 9.97. The second-order valence-corrected chi connectivity index (χ2v) is 7.50. The summed E-state index contributed by atoms with van der Waals surface area (Å²) in [6.07, 6.45) is 6.68. The van der Waals surface area contributed by atoms with Gasteiger partial charge in [-0.1, -0.05) is 36.9 Å². The molecule has 1 N–H and O–H groups in total. The summed E-state index contributed by atoms with van der Waals surface area (Å²) in [6, 6.07) is 6.32. The molecule has 1 aromatic carbocycles. The fourth-order valence-electron chi connectivity index (χ4n) is 2.86. The molecule has 1 saturated heterocycles. The van der Waals surface area contributed by atoms with Crippen LogP contribution in [0, 0.1) is 0 Å². The van der Waals surface area contributed by atoms with E-state index in [1.165, 1.54) is 43.4 Å². The number of nitrogens with zero attached hydrogens (tertiary/aromatic N) is 1. The molecule has 1 aromatic rings. The fraction of sp³-hybridized carbons (Fsp3) is 0.667. The predicted molar refractivity (Wildman–Crippen MR) is 93.3 cm³/mol. The van der Waals surface area contributed by atoms with Gasteiger partial charge < -0.3 is 10.2 Å². The molecule has 1 aliphatic rings. The average Bonchev–Trinajstić information content (AvgIpc) is 2.36. The summed E-state index contributed by atoms with van der Waals surface area (Å²) < 4.78 is 0. The Morgan fingerprint density at radius 3 is 2.29 bits per heavy atom. The maximum absolute atomic E-state index is 6.48. The van der Waals surface area contributed by atoms with Crippen LogP contribution in [0.2, 0.25) is 5.02 Å². The molecule has 2 rings (SSSR count). The lowest BCUT2D eigenvalue weighted by Gasteiger charge is -2.30. The van der Waals surface area contributed by atoms with Crippen LogP contribution < -0.4 is 10.2 Å². The van der Waals surface area contributed by atoms with Crippen LogP contribution in [-0.4, -0.2) is 18.6 Å². The third kappa shape index (κ3) is 5.19. The minimum Gasteiger partial charge on any atom is -0.371 e. The van der Waals surface area contributed by atoms with Crippen LogP contribution in [0.4, 0.5) is 5.69 Å². The van der Waals surface area contributed by atoms with Gasteiger partial charge in [0.25, 0.3) is 0 Å². The number of rotatable bonds is 3. The summed E-state index contributed by atoms with van der Waals surface area (Å²) in [5.41, 5.74) is 2.67. The molecule has 0 radical (unpaired) electrons. The number of halogens is 1. The highest BCUT2D eigenvalue weighted by atomic mass is 35.5. The Balaban J connectivity index is 2.18. The third-order valence-corrected chi connectivity index (χ3v) is 4.44. The molecule has 0 unspecified atom stereocenters. The smallest absolute Gasteiger partial charge is 0.0471 e. The molecule has 1 aliphatic heterocycles. The Morgan fingerprint density at radius 2 is 1.67 bits per heavy atom. The van der Waals surface area contributed by atoms with Crippen LogP contribution in [0.25, 0.3) is 0 Å². The molecule has 0 amide bonds. The molecule has 0 aliphatic carbocycles. The van der Waals surface area contributed by atoms with Crippen LogP contribution in [0.3, 0.4) is 0 Å². The van der Waals surface area contributed by atoms with E-state index < -0.39 is 0 Å². The molecule has 118 valence electrons. The van der Waals surface area contributed by atoms with Crippen molar-refractivity contribution in [1.29, 1.82) is 0 Å². The molecular weight excluding hydrogens is 280 g/mol. The standard InChI is InChI=1S/C18H29ClN2/c1-18(2,3)20-14-15-16(19)10-9-11-17(15)21-12-7-5-4-6-8-13-21/h9-11,20H,4-8,12-14H2,1-3H3. The van der Waals surface area contributed by atoms with Crippen molar-refractivity contribution in [2.24, 2.45) is 0 Å². The first-order valence-corrected chi connectivity index (χ1v) is 8.62. The average molecular weight is 309 g/mol. The number of benzene rings is 1. The number of nitrogens with one attached hydrogen (secondary N) is 1. The van der Waals surface area contributed by atoms with Crippen molar-refractivity contribution >= 4 is 17.3 Å². The zero-order valence-corrected chi connectivity index (χ0v) is 14.5. The Labute approximate surface area is 134 Å². The van der Waals surface area contributed by atoms with Gasteiger partial charge in [-0.2, -0.15) is 0 Å². The summed E-state index contributed by atoms with van der Waals surface area (Å²) in [6.45, 7) is 9.72. The van der Waals surface area contributed by atoms with Crippen molar-refractivity contribution in [3.8, 4) is 0 Å². The van der Waals surface area contributed by atoms with E-state index in [0.29, 0.717) is 0 Å². The van der Waals surface area contributed by atoms with Gasteiger partial charge in [0.15, 0.2) is 0 Å². The Kier molecular flexibility index (Phi) is 5.95. The van der Waals surface area contributed by atoms with Crippen molar-refractivity contribution in [3.05, 3.63) is 28.8 Å². The molecule has 0 aromatic heterocycles. The highest BCUT2D eigenvalue weighted by Crippen LogP contribution is 2.29. The summed E-state index contributed by atoms with van der Waals surface area (Å²) in [5.74, 6) is 0. The van der Waals surface area contributed by atoms with Gasteiger partial charge in [0.1, 0.15) is 0 Å². The lowest BCUT2D eigenvalue weighted by molar-refractivity contribution is 0.424. The fourth-order valence-corrected chi connectivity index (χ4v) is 3.10. The number of hydrogen-bond acceptors (Lipinski definition) is 2. The molecular formula is C18H29ClN2. The van der Waals surface area contributed by atoms with E-state index in [9.17, 15) is 0 Å². The van der Waals surface area contributed by atoms with E-state index >= 15 is 0 Å². The van der Waals surface area contributed by atoms with E-state index in [1.54, 1.807) is 0 Å². The van der Waals surface area contributed by atoms with Crippen molar-refractivity contribution in [1.82, 2.24) is 5.32 Å². The second kappa shape index (κ2) is 7.51. The SMILES string of the molecule is CC(C)(C)NCc1c(Cl)cccc1N1CCCCCCC1. The summed E-state index contributed by atoms with van der Waals surface area (Å²) in [5, 5.41) is 4.46. The Bertz CT molecular complexity index is 443. The molecule has 1 heterocycles. The van der Waals surface area contributed by atoms with Gasteiger partial charge in [-0.05, 0) is 45.7 Å². The van der Waals surface area contributed by atoms with E-state index in [0.717, 1.165) is 24.7 Å². The highest BCUT2D eigenvalue weighted by molar-refractivity contribution is 6.31. The van der Waals surface area contributed by atoms with Gasteiger partial charge in [0.2, 0.25) is 0 Å². The number of hydrogen-bond donors (Lipinski definition) is 1. The minimum atomic E-state index is 0.104. The minimum absolute atomic E-state index is 0.104. The predicted octanol–water partition coefficient (Wildman–Crippen LogP) is 5.00. The molecule has 0 atom stereocenters. The van der Waals surface area contributed by atoms with E-state index in [1.807, 2.05) is 6.07 Å². The molecule has 0 spiro atoms. The third-order valence-electron chi connectivity index (χ3n) is 4.09. The van der Waals surface area contributed by atoms with Crippen LogP contribution >= 0.6 is 11.6 Å². The van der Waals surface area contributed by atoms with Crippen molar-refractivity contribution in [2.75, 3.05) is 18.0 Å². The summed E-state index contributed by atoms with van der Waals surface area (Å²) in [7, 11) is 0. The molecule has 1 fully saturated rings. The first kappa shape index (κ1) is 16.6. The van der Waals surface area contributed by atoms with Crippen LogP contribution in [0.5, 0.6) is 0 Å². The first-order valence-electron chi connectivity index (χ1n) is 8.25. The normalized spacial score (nSPS) is 17.4. The van der Waals surface area contributed by atoms with E-state index in [2.05, 4.69) is 43.1 Å². The van der Waals surface area contributed by atoms with Gasteiger partial charge in [0, 0.05) is 41.4 Å². The van der Waals surface area contributed by atoms with Crippen molar-refractivity contribution in [2.45, 2.75) is 65.0 Å². The molecule has 21 heavy (non-hydrogen) atoms. The molecule has 0 saturated carbocycles. The monoisotopic (exact) mass is 308 g/mol. The summed E-state index contributed by atoms with van der Waals surface area (Å²) in [4.78, 5) is 2.53. The molecule has 3 heteroatoms. The lowest BCUT2D eigenvalue weighted by Crippen LogP contribution is -2.36. The Hall–Kier alpha value is -0.730. The van der Waals surface area contributed by atoms with Crippen molar-refractivity contribution < 1.29 is 0 Å². The van der Waals surface area contributed by atoms with E-state index in [4.69, 9.17) is 11.6 Å². The Morgan fingerprint density at radius 1 is 1.05 bits per heavy atom. The summed E-state index contributed by atoms with van der Waals surface area (Å²) >= 11 is 6.48. The van der Waals surface area contributed by atoms with Gasteiger partial charge >= 0.3 is 0 Å². The topological polar surface area (TPSA) is 15.3 Å². The second-order valence-electron chi connectivity index (χ2n) is 7.10. The zero-order valence-electron chi connectivity index (χ0n) is 13.7. The van der Waals surface area contributed by atoms with Crippen LogP contribution in [0.15, 0.2) is 18.2 Å². The maximum Gasteiger partial charge on any atom is 0.0471 e. The lowest BCUT2D eigenvalue weighted by atomic mass is 10.0.